The first-order chi connectivity index (χ1) is 15.2. The molecule has 0 aliphatic carbocycles. The predicted octanol–water partition coefficient (Wildman–Crippen LogP) is 4.74. The van der Waals surface area contributed by atoms with Gasteiger partial charge in [-0.1, -0.05) is 35.9 Å². The summed E-state index contributed by atoms with van der Waals surface area (Å²) in [6.45, 7) is 7.36. The molecule has 2 aromatic heterocycles. The number of aromatic nitrogens is 2. The van der Waals surface area contributed by atoms with Crippen molar-refractivity contribution in [3.05, 3.63) is 89.9 Å². The van der Waals surface area contributed by atoms with Crippen LogP contribution in [0.15, 0.2) is 52.1 Å². The number of anilines is 1. The number of hydrogen-bond acceptors (Lipinski definition) is 4. The van der Waals surface area contributed by atoms with Gasteiger partial charge in [-0.3, -0.25) is 14.2 Å². The Labute approximate surface area is 193 Å². The van der Waals surface area contributed by atoms with Crippen LogP contribution in [0.2, 0.25) is 5.02 Å². The van der Waals surface area contributed by atoms with Crippen molar-refractivity contribution in [2.45, 2.75) is 34.2 Å². The maximum atomic E-state index is 13.5. The number of para-hydroxylation sites is 1. The van der Waals surface area contributed by atoms with Crippen LogP contribution >= 0.6 is 22.9 Å². The Hall–Kier alpha value is -3.16. The highest BCUT2D eigenvalue weighted by Crippen LogP contribution is 2.27. The minimum absolute atomic E-state index is 0.219. The van der Waals surface area contributed by atoms with Crippen molar-refractivity contribution in [3.63, 3.8) is 0 Å². The van der Waals surface area contributed by atoms with Gasteiger partial charge >= 0.3 is 5.69 Å². The number of nitrogens with one attached hydrogen (secondary N) is 1. The van der Waals surface area contributed by atoms with Gasteiger partial charge in [0.1, 0.15) is 11.4 Å². The molecule has 0 fully saturated rings. The molecule has 2 aromatic carbocycles. The maximum Gasteiger partial charge on any atom is 0.337 e. The smallest absolute Gasteiger partial charge is 0.324 e. The number of amides is 1. The number of carbonyl (C=O) groups is 1. The van der Waals surface area contributed by atoms with Crippen LogP contribution in [-0.4, -0.2) is 15.0 Å². The van der Waals surface area contributed by atoms with Crippen LogP contribution in [0.1, 0.15) is 21.6 Å². The van der Waals surface area contributed by atoms with E-state index in [1.54, 1.807) is 24.3 Å². The molecule has 32 heavy (non-hydrogen) atoms. The Morgan fingerprint density at radius 2 is 1.69 bits per heavy atom. The Kier molecular flexibility index (Phi) is 5.79. The number of benzene rings is 2. The Morgan fingerprint density at radius 3 is 2.34 bits per heavy atom. The van der Waals surface area contributed by atoms with Gasteiger partial charge in [0.15, 0.2) is 0 Å². The molecule has 1 amide bonds. The van der Waals surface area contributed by atoms with Gasteiger partial charge in [0, 0.05) is 15.6 Å². The zero-order valence-electron chi connectivity index (χ0n) is 18.2. The van der Waals surface area contributed by atoms with E-state index in [0.29, 0.717) is 20.9 Å². The number of aryl methyl sites for hydroxylation is 4. The minimum atomic E-state index is -0.581. The van der Waals surface area contributed by atoms with Gasteiger partial charge in [-0.2, -0.15) is 0 Å². The third-order valence-corrected chi connectivity index (χ3v) is 7.03. The van der Waals surface area contributed by atoms with E-state index in [0.717, 1.165) is 31.8 Å². The van der Waals surface area contributed by atoms with Gasteiger partial charge in [0.05, 0.1) is 11.1 Å². The molecule has 2 heterocycles. The van der Waals surface area contributed by atoms with Crippen LogP contribution in [0.4, 0.5) is 5.69 Å². The lowest BCUT2D eigenvalue weighted by Crippen LogP contribution is -2.40. The second-order valence-corrected chi connectivity index (χ2v) is 9.41. The molecule has 8 heteroatoms. The van der Waals surface area contributed by atoms with Crippen molar-refractivity contribution >= 4 is 44.7 Å². The average molecular weight is 468 g/mol. The van der Waals surface area contributed by atoms with Gasteiger partial charge in [-0.15, -0.1) is 11.3 Å². The van der Waals surface area contributed by atoms with Crippen LogP contribution in [-0.2, 0) is 11.3 Å². The summed E-state index contributed by atoms with van der Waals surface area (Å²) in [4.78, 5) is 41.2. The Balaban J connectivity index is 1.89. The molecule has 1 N–H and O–H groups in total. The molecule has 0 bridgehead atoms. The van der Waals surface area contributed by atoms with E-state index in [1.807, 2.05) is 45.9 Å². The fourth-order valence-electron chi connectivity index (χ4n) is 3.77. The molecular formula is C24H22ClN3O3S. The standard InChI is InChI=1S/C24H22ClN3O3S/c1-13-7-5-8-14(2)21(13)26-19(29)12-27-23-20(15(3)16(4)32-23)22(30)28(24(27)31)18-10-6-9-17(25)11-18/h5-11H,12H2,1-4H3,(H,26,29). The number of rotatable bonds is 4. The highest BCUT2D eigenvalue weighted by atomic mass is 35.5. The summed E-state index contributed by atoms with van der Waals surface area (Å²) in [5, 5.41) is 3.77. The van der Waals surface area contributed by atoms with Crippen molar-refractivity contribution in [1.29, 1.82) is 0 Å². The molecule has 4 rings (SSSR count). The second kappa shape index (κ2) is 8.41. The fourth-order valence-corrected chi connectivity index (χ4v) is 5.10. The first-order valence-electron chi connectivity index (χ1n) is 10.1. The van der Waals surface area contributed by atoms with Crippen LogP contribution < -0.4 is 16.6 Å². The number of hydrogen-bond donors (Lipinski definition) is 1. The largest absolute Gasteiger partial charge is 0.337 e. The molecule has 0 aliphatic heterocycles. The maximum absolute atomic E-state index is 13.5. The molecule has 6 nitrogen and oxygen atoms in total. The molecule has 0 radical (unpaired) electrons. The highest BCUT2D eigenvalue weighted by Gasteiger charge is 2.21. The lowest BCUT2D eigenvalue weighted by molar-refractivity contribution is -0.116. The SMILES string of the molecule is Cc1cccc(C)c1NC(=O)Cn1c(=O)n(-c2cccc(Cl)c2)c(=O)c2c(C)c(C)sc21. The van der Waals surface area contributed by atoms with E-state index in [-0.39, 0.29) is 12.5 Å². The number of carbonyl (C=O) groups excluding carboxylic acids is 1. The van der Waals surface area contributed by atoms with E-state index in [2.05, 4.69) is 5.32 Å². The molecule has 0 aliphatic rings. The molecule has 164 valence electrons. The van der Waals surface area contributed by atoms with Crippen molar-refractivity contribution in [3.8, 4) is 5.69 Å². The van der Waals surface area contributed by atoms with E-state index < -0.39 is 11.2 Å². The van der Waals surface area contributed by atoms with Crippen molar-refractivity contribution < 1.29 is 4.79 Å². The lowest BCUT2D eigenvalue weighted by atomic mass is 10.1. The Bertz CT molecular complexity index is 1480. The molecule has 4 aromatic rings. The Morgan fingerprint density at radius 1 is 1.03 bits per heavy atom. The van der Waals surface area contributed by atoms with Gasteiger partial charge in [0.2, 0.25) is 5.91 Å². The quantitative estimate of drug-likeness (QED) is 0.471. The number of nitrogens with zero attached hydrogens (tertiary/aromatic N) is 2. The van der Waals surface area contributed by atoms with E-state index in [9.17, 15) is 14.4 Å². The second-order valence-electron chi connectivity index (χ2n) is 7.77. The average Bonchev–Trinajstić information content (AvgIpc) is 3.03. The minimum Gasteiger partial charge on any atom is -0.324 e. The van der Waals surface area contributed by atoms with Gasteiger partial charge in [0.25, 0.3) is 5.56 Å². The van der Waals surface area contributed by atoms with Crippen molar-refractivity contribution in [2.75, 3.05) is 5.32 Å². The van der Waals surface area contributed by atoms with Crippen molar-refractivity contribution in [2.24, 2.45) is 0 Å². The van der Waals surface area contributed by atoms with Crippen LogP contribution in [0.3, 0.4) is 0 Å². The summed E-state index contributed by atoms with van der Waals surface area (Å²) < 4.78 is 2.45. The topological polar surface area (TPSA) is 73.1 Å². The fraction of sp³-hybridized carbons (Fsp3) is 0.208. The number of thiophene rings is 1. The number of halogens is 1. The molecular weight excluding hydrogens is 446 g/mol. The molecule has 0 saturated carbocycles. The first kappa shape index (κ1) is 22.0. The predicted molar refractivity (Wildman–Crippen MR) is 131 cm³/mol. The van der Waals surface area contributed by atoms with E-state index >= 15 is 0 Å². The van der Waals surface area contributed by atoms with Crippen LogP contribution in [0.5, 0.6) is 0 Å². The monoisotopic (exact) mass is 467 g/mol. The van der Waals surface area contributed by atoms with E-state index in [4.69, 9.17) is 11.6 Å². The summed E-state index contributed by atoms with van der Waals surface area (Å²) >= 11 is 7.45. The third kappa shape index (κ3) is 3.78. The van der Waals surface area contributed by atoms with Crippen LogP contribution in [0.25, 0.3) is 15.9 Å². The summed E-state index contributed by atoms with van der Waals surface area (Å²) in [6.07, 6.45) is 0. The first-order valence-corrected chi connectivity index (χ1v) is 11.3. The van der Waals surface area contributed by atoms with E-state index in [1.165, 1.54) is 15.9 Å². The summed E-state index contributed by atoms with van der Waals surface area (Å²) in [7, 11) is 0. The molecule has 0 saturated heterocycles. The summed E-state index contributed by atoms with van der Waals surface area (Å²) in [5.74, 6) is -0.342. The summed E-state index contributed by atoms with van der Waals surface area (Å²) in [5.41, 5.74) is 2.76. The number of fused-ring (bicyclic) bond motifs is 1. The normalized spacial score (nSPS) is 11.2. The molecule has 0 atom stereocenters. The van der Waals surface area contributed by atoms with Crippen molar-refractivity contribution in [1.82, 2.24) is 9.13 Å². The van der Waals surface area contributed by atoms with Gasteiger partial charge in [-0.05, 0) is 62.6 Å². The molecule has 0 unspecified atom stereocenters. The van der Waals surface area contributed by atoms with Crippen LogP contribution in [0, 0.1) is 27.7 Å². The third-order valence-electron chi connectivity index (χ3n) is 5.56. The summed E-state index contributed by atoms with van der Waals surface area (Å²) in [6, 6.07) is 12.3. The van der Waals surface area contributed by atoms with Gasteiger partial charge in [-0.25, -0.2) is 9.36 Å². The van der Waals surface area contributed by atoms with Gasteiger partial charge < -0.3 is 5.32 Å². The zero-order valence-corrected chi connectivity index (χ0v) is 19.7. The lowest BCUT2D eigenvalue weighted by Gasteiger charge is -2.14. The molecule has 0 spiro atoms. The highest BCUT2D eigenvalue weighted by molar-refractivity contribution is 7.18. The zero-order chi connectivity index (χ0) is 23.2.